The van der Waals surface area contributed by atoms with Crippen LogP contribution < -0.4 is 5.32 Å². The monoisotopic (exact) mass is 474 g/mol. The fraction of sp³-hybridized carbons (Fsp3) is 0.296. The van der Waals surface area contributed by atoms with Crippen LogP contribution in [0.1, 0.15) is 42.9 Å². The summed E-state index contributed by atoms with van der Waals surface area (Å²) in [6.45, 7) is 4.41. The van der Waals surface area contributed by atoms with Gasteiger partial charge in [0.05, 0.1) is 5.41 Å². The quantitative estimate of drug-likeness (QED) is 0.579. The Kier molecular flexibility index (Phi) is 5.90. The Labute approximate surface area is 202 Å². The Hall–Kier alpha value is -3.91. The molecule has 0 saturated carbocycles. The number of allylic oxidation sites excluding steroid dienone is 7. The molecule has 5 rings (SSSR count). The lowest BCUT2D eigenvalue weighted by Crippen LogP contribution is -2.38. The van der Waals surface area contributed by atoms with Crippen LogP contribution >= 0.6 is 0 Å². The number of aromatic nitrogens is 1. The number of ether oxygens (including phenoxy) is 2. The second-order valence-corrected chi connectivity index (χ2v) is 8.95. The molecule has 35 heavy (non-hydrogen) atoms. The van der Waals surface area contributed by atoms with Gasteiger partial charge in [-0.25, -0.2) is 4.79 Å². The van der Waals surface area contributed by atoms with Crippen LogP contribution in [0.5, 0.6) is 0 Å². The molecule has 0 spiro atoms. The molecule has 1 aliphatic heterocycles. The Morgan fingerprint density at radius 1 is 1.06 bits per heavy atom. The standard InChI is InChI=1S/C27H26N2O6/c1-16-23(28-26(32)34-17(2)18-6-4-3-5-7-18)24(35-29-16)21-12-19-14-22(15-20(19)13-21)27(25(30)31)8-10-33-11-9-27/h3-7,12-15,17H,8-11H2,1-2H3,(H,28,32)(H,30,31). The van der Waals surface area contributed by atoms with Crippen molar-refractivity contribution in [3.05, 3.63) is 88.4 Å². The summed E-state index contributed by atoms with van der Waals surface area (Å²) in [6, 6.07) is 9.47. The molecule has 1 unspecified atom stereocenters. The third kappa shape index (κ3) is 4.21. The van der Waals surface area contributed by atoms with E-state index in [0.29, 0.717) is 43.2 Å². The molecule has 1 amide bonds. The van der Waals surface area contributed by atoms with E-state index in [0.717, 1.165) is 27.9 Å². The van der Waals surface area contributed by atoms with Crippen LogP contribution in [0.3, 0.4) is 0 Å². The third-order valence-corrected chi connectivity index (χ3v) is 6.79. The normalized spacial score (nSPS) is 19.1. The zero-order valence-electron chi connectivity index (χ0n) is 19.5. The molecule has 8 nitrogen and oxygen atoms in total. The number of carboxylic acid groups (broad SMARTS) is 1. The Morgan fingerprint density at radius 3 is 2.43 bits per heavy atom. The molecule has 2 aromatic rings. The Balaban J connectivity index is 1.34. The highest BCUT2D eigenvalue weighted by Crippen LogP contribution is 2.47. The average Bonchev–Trinajstić information content (AvgIpc) is 3.54. The van der Waals surface area contributed by atoms with E-state index in [1.54, 1.807) is 13.8 Å². The highest BCUT2D eigenvalue weighted by molar-refractivity contribution is 5.94. The van der Waals surface area contributed by atoms with Gasteiger partial charge in [0, 0.05) is 18.8 Å². The van der Waals surface area contributed by atoms with Gasteiger partial charge in [-0.05, 0) is 73.3 Å². The van der Waals surface area contributed by atoms with E-state index in [9.17, 15) is 14.7 Å². The number of carbonyl (C=O) groups is 2. The minimum absolute atomic E-state index is 0.420. The number of nitrogens with zero attached hydrogens (tertiary/aromatic N) is 1. The number of fused-ring (bicyclic) bond motifs is 1. The van der Waals surface area contributed by atoms with Gasteiger partial charge in [0.2, 0.25) is 0 Å². The lowest BCUT2D eigenvalue weighted by atomic mass is 9.74. The van der Waals surface area contributed by atoms with Crippen molar-refractivity contribution >= 4 is 23.3 Å². The van der Waals surface area contributed by atoms with E-state index < -0.39 is 23.6 Å². The Bertz CT molecular complexity index is 1290. The minimum atomic E-state index is -0.931. The topological polar surface area (TPSA) is 111 Å². The van der Waals surface area contributed by atoms with E-state index in [2.05, 4.69) is 10.5 Å². The molecule has 2 heterocycles. The van der Waals surface area contributed by atoms with Crippen molar-refractivity contribution in [2.45, 2.75) is 32.8 Å². The number of hydrogen-bond donors (Lipinski definition) is 2. The van der Waals surface area contributed by atoms with Gasteiger partial charge in [0.25, 0.3) is 0 Å². The summed E-state index contributed by atoms with van der Waals surface area (Å²) in [5, 5.41) is 16.8. The van der Waals surface area contributed by atoms with Crippen LogP contribution in [0, 0.1) is 12.3 Å². The second-order valence-electron chi connectivity index (χ2n) is 8.95. The van der Waals surface area contributed by atoms with Crippen LogP contribution in [0.2, 0.25) is 0 Å². The van der Waals surface area contributed by atoms with Crippen molar-refractivity contribution in [1.29, 1.82) is 0 Å². The fourth-order valence-corrected chi connectivity index (χ4v) is 4.72. The summed E-state index contributed by atoms with van der Waals surface area (Å²) in [7, 11) is 0. The lowest BCUT2D eigenvalue weighted by molar-refractivity contribution is -0.151. The number of anilines is 1. The largest absolute Gasteiger partial charge is 0.481 e. The number of carboxylic acids is 1. The average molecular weight is 475 g/mol. The minimum Gasteiger partial charge on any atom is -0.481 e. The highest BCUT2D eigenvalue weighted by atomic mass is 16.6. The van der Waals surface area contributed by atoms with Gasteiger partial charge in [-0.1, -0.05) is 35.5 Å². The smallest absolute Gasteiger partial charge is 0.412 e. The highest BCUT2D eigenvalue weighted by Gasteiger charge is 2.44. The predicted octanol–water partition coefficient (Wildman–Crippen LogP) is 5.36. The van der Waals surface area contributed by atoms with Gasteiger partial charge in [0.15, 0.2) is 5.76 Å². The predicted molar refractivity (Wildman–Crippen MR) is 129 cm³/mol. The maximum absolute atomic E-state index is 12.6. The maximum atomic E-state index is 12.6. The molecule has 1 atom stereocenters. The van der Waals surface area contributed by atoms with Gasteiger partial charge in [-0.15, -0.1) is 0 Å². The van der Waals surface area contributed by atoms with E-state index in [-0.39, 0.29) is 0 Å². The van der Waals surface area contributed by atoms with Crippen molar-refractivity contribution < 1.29 is 28.7 Å². The molecular formula is C27H26N2O6. The SMILES string of the molecule is Cc1noc(C2=CC3=CC(C4(C(=O)O)CCOCC4)=CC3=C2)c1NC(=O)OC(C)c1ccccc1. The van der Waals surface area contributed by atoms with Gasteiger partial charge in [-0.3, -0.25) is 10.1 Å². The molecule has 1 aromatic heterocycles. The van der Waals surface area contributed by atoms with Crippen molar-refractivity contribution in [2.75, 3.05) is 18.5 Å². The maximum Gasteiger partial charge on any atom is 0.412 e. The number of aliphatic carboxylic acids is 1. The molecule has 8 heteroatoms. The molecule has 2 N–H and O–H groups in total. The van der Waals surface area contributed by atoms with Crippen molar-refractivity contribution in [1.82, 2.24) is 5.16 Å². The Morgan fingerprint density at radius 2 is 1.74 bits per heavy atom. The van der Waals surface area contributed by atoms with Crippen LogP contribution in [0.15, 0.2) is 75.9 Å². The van der Waals surface area contributed by atoms with E-state index >= 15 is 0 Å². The molecule has 0 bridgehead atoms. The first kappa shape index (κ1) is 22.9. The van der Waals surface area contributed by atoms with Gasteiger partial charge < -0.3 is 19.1 Å². The number of amides is 1. The summed E-state index contributed by atoms with van der Waals surface area (Å²) in [4.78, 5) is 24.8. The van der Waals surface area contributed by atoms with Crippen LogP contribution in [0.4, 0.5) is 10.5 Å². The van der Waals surface area contributed by atoms with Crippen molar-refractivity contribution in [3.63, 3.8) is 0 Å². The molecule has 0 radical (unpaired) electrons. The zero-order chi connectivity index (χ0) is 24.6. The number of nitrogens with one attached hydrogen (secondary N) is 1. The summed E-state index contributed by atoms with van der Waals surface area (Å²) < 4.78 is 16.5. The molecule has 1 saturated heterocycles. The molecule has 1 aromatic carbocycles. The molecule has 180 valence electrons. The summed E-state index contributed by atoms with van der Waals surface area (Å²) >= 11 is 0. The third-order valence-electron chi connectivity index (χ3n) is 6.79. The van der Waals surface area contributed by atoms with Gasteiger partial charge in [0.1, 0.15) is 17.5 Å². The number of rotatable bonds is 6. The van der Waals surface area contributed by atoms with Crippen LogP contribution in [-0.2, 0) is 14.3 Å². The fourth-order valence-electron chi connectivity index (χ4n) is 4.72. The first-order chi connectivity index (χ1) is 16.9. The zero-order valence-corrected chi connectivity index (χ0v) is 19.5. The first-order valence-corrected chi connectivity index (χ1v) is 11.6. The second kappa shape index (κ2) is 9.03. The van der Waals surface area contributed by atoms with Gasteiger partial charge in [-0.2, -0.15) is 0 Å². The van der Waals surface area contributed by atoms with Crippen LogP contribution in [0.25, 0.3) is 5.57 Å². The number of aryl methyl sites for hydroxylation is 1. The summed E-state index contributed by atoms with van der Waals surface area (Å²) in [5.74, 6) is -0.405. The molecular weight excluding hydrogens is 448 g/mol. The van der Waals surface area contributed by atoms with E-state index in [4.69, 9.17) is 14.0 Å². The van der Waals surface area contributed by atoms with Crippen molar-refractivity contribution in [2.24, 2.45) is 5.41 Å². The van der Waals surface area contributed by atoms with E-state index in [1.165, 1.54) is 0 Å². The van der Waals surface area contributed by atoms with Crippen molar-refractivity contribution in [3.8, 4) is 0 Å². The summed E-state index contributed by atoms with van der Waals surface area (Å²) in [6.07, 6.45) is 7.53. The number of carbonyl (C=O) groups excluding carboxylic acids is 1. The number of benzene rings is 1. The summed E-state index contributed by atoms with van der Waals surface area (Å²) in [5.41, 5.74) is 4.26. The van der Waals surface area contributed by atoms with E-state index in [1.807, 2.05) is 54.6 Å². The molecule has 1 fully saturated rings. The lowest BCUT2D eigenvalue weighted by Gasteiger charge is -2.33. The molecule has 2 aliphatic carbocycles. The van der Waals surface area contributed by atoms with Gasteiger partial charge >= 0.3 is 12.1 Å². The van der Waals surface area contributed by atoms with Crippen LogP contribution in [-0.4, -0.2) is 35.5 Å². The number of hydrogen-bond acceptors (Lipinski definition) is 6. The molecule has 3 aliphatic rings. The first-order valence-electron chi connectivity index (χ1n) is 11.6.